The van der Waals surface area contributed by atoms with Crippen LogP contribution in [0.1, 0.15) is 12.5 Å². The molecular formula is C15H13BrClNO. The first-order valence-electron chi connectivity index (χ1n) is 5.91. The smallest absolute Gasteiger partial charge is 0.119 e. The third-order valence-corrected chi connectivity index (χ3v) is 3.69. The first-order valence-corrected chi connectivity index (χ1v) is 7.08. The molecule has 0 aliphatic heterocycles. The lowest BCUT2D eigenvalue weighted by molar-refractivity contribution is 0.340. The zero-order valence-electron chi connectivity index (χ0n) is 10.4. The van der Waals surface area contributed by atoms with Gasteiger partial charge in [-0.2, -0.15) is 0 Å². The molecule has 0 unspecified atom stereocenters. The van der Waals surface area contributed by atoms with E-state index in [0.717, 1.165) is 21.5 Å². The van der Waals surface area contributed by atoms with Crippen LogP contribution >= 0.6 is 27.5 Å². The summed E-state index contributed by atoms with van der Waals surface area (Å²) in [5.41, 5.74) is 1.84. The fourth-order valence-electron chi connectivity index (χ4n) is 1.53. The van der Waals surface area contributed by atoms with E-state index in [0.29, 0.717) is 11.6 Å². The van der Waals surface area contributed by atoms with Gasteiger partial charge in [-0.15, -0.1) is 0 Å². The monoisotopic (exact) mass is 337 g/mol. The Morgan fingerprint density at radius 2 is 1.95 bits per heavy atom. The van der Waals surface area contributed by atoms with E-state index in [4.69, 9.17) is 16.3 Å². The molecule has 0 fully saturated rings. The van der Waals surface area contributed by atoms with Crippen molar-refractivity contribution in [2.45, 2.75) is 6.92 Å². The molecule has 98 valence electrons. The molecule has 0 aliphatic rings. The molecule has 0 amide bonds. The number of aliphatic imine (C=N–C) groups is 1. The van der Waals surface area contributed by atoms with Crippen molar-refractivity contribution >= 4 is 39.4 Å². The molecule has 0 heterocycles. The van der Waals surface area contributed by atoms with Gasteiger partial charge in [0.2, 0.25) is 0 Å². The minimum absolute atomic E-state index is 0.654. The van der Waals surface area contributed by atoms with Gasteiger partial charge in [-0.3, -0.25) is 4.99 Å². The van der Waals surface area contributed by atoms with Crippen LogP contribution in [0.5, 0.6) is 5.75 Å². The standard InChI is InChI=1S/C15H13BrClNO/c1-2-19-13-6-3-11(4-7-13)10-18-12-5-8-14(16)15(17)9-12/h3-10H,2H2,1H3/b18-10+. The van der Waals surface area contributed by atoms with E-state index in [1.807, 2.05) is 49.4 Å². The second-order valence-electron chi connectivity index (χ2n) is 3.86. The minimum Gasteiger partial charge on any atom is -0.494 e. The van der Waals surface area contributed by atoms with E-state index < -0.39 is 0 Å². The predicted octanol–water partition coefficient (Wildman–Crippen LogP) is 5.25. The molecular weight excluding hydrogens is 326 g/mol. The molecule has 0 spiro atoms. The highest BCUT2D eigenvalue weighted by atomic mass is 79.9. The lowest BCUT2D eigenvalue weighted by Crippen LogP contribution is -1.91. The Balaban J connectivity index is 2.11. The largest absolute Gasteiger partial charge is 0.494 e. The maximum Gasteiger partial charge on any atom is 0.119 e. The maximum atomic E-state index is 6.01. The van der Waals surface area contributed by atoms with Crippen LogP contribution < -0.4 is 4.74 Å². The molecule has 2 aromatic carbocycles. The Morgan fingerprint density at radius 3 is 2.58 bits per heavy atom. The van der Waals surface area contributed by atoms with Gasteiger partial charge in [-0.05, 0) is 70.9 Å². The van der Waals surface area contributed by atoms with Gasteiger partial charge in [0.25, 0.3) is 0 Å². The van der Waals surface area contributed by atoms with Gasteiger partial charge in [-0.1, -0.05) is 11.6 Å². The number of rotatable bonds is 4. The van der Waals surface area contributed by atoms with Crippen molar-refractivity contribution in [2.75, 3.05) is 6.61 Å². The molecule has 2 rings (SSSR count). The van der Waals surface area contributed by atoms with Gasteiger partial charge >= 0.3 is 0 Å². The highest BCUT2D eigenvalue weighted by Gasteiger charge is 1.97. The number of ether oxygens (including phenoxy) is 1. The van der Waals surface area contributed by atoms with Crippen molar-refractivity contribution in [1.82, 2.24) is 0 Å². The summed E-state index contributed by atoms with van der Waals surface area (Å²) in [5, 5.41) is 0.654. The van der Waals surface area contributed by atoms with Crippen molar-refractivity contribution in [3.63, 3.8) is 0 Å². The topological polar surface area (TPSA) is 21.6 Å². The first kappa shape index (κ1) is 14.1. The zero-order valence-corrected chi connectivity index (χ0v) is 12.8. The second-order valence-corrected chi connectivity index (χ2v) is 5.12. The summed E-state index contributed by atoms with van der Waals surface area (Å²) in [5.74, 6) is 0.867. The first-order chi connectivity index (χ1) is 9.19. The Hall–Kier alpha value is -1.32. The van der Waals surface area contributed by atoms with Gasteiger partial charge in [-0.25, -0.2) is 0 Å². The third kappa shape index (κ3) is 4.08. The van der Waals surface area contributed by atoms with Crippen LogP contribution in [-0.2, 0) is 0 Å². The van der Waals surface area contributed by atoms with Crippen LogP contribution in [0, 0.1) is 0 Å². The van der Waals surface area contributed by atoms with Crippen LogP contribution in [0.4, 0.5) is 5.69 Å². The lowest BCUT2D eigenvalue weighted by atomic mass is 10.2. The molecule has 0 radical (unpaired) electrons. The normalized spacial score (nSPS) is 10.9. The van der Waals surface area contributed by atoms with E-state index in [1.54, 1.807) is 6.21 Å². The highest BCUT2D eigenvalue weighted by Crippen LogP contribution is 2.26. The van der Waals surface area contributed by atoms with Gasteiger partial charge in [0.05, 0.1) is 17.3 Å². The molecule has 0 aliphatic carbocycles. The van der Waals surface area contributed by atoms with Crippen molar-refractivity contribution in [2.24, 2.45) is 4.99 Å². The maximum absolute atomic E-state index is 6.01. The number of benzene rings is 2. The molecule has 4 heteroatoms. The summed E-state index contributed by atoms with van der Waals surface area (Å²) in [4.78, 5) is 4.38. The lowest BCUT2D eigenvalue weighted by Gasteiger charge is -2.02. The molecule has 2 aromatic rings. The van der Waals surface area contributed by atoms with Crippen molar-refractivity contribution in [1.29, 1.82) is 0 Å². The summed E-state index contributed by atoms with van der Waals surface area (Å²) >= 11 is 9.36. The molecule has 0 N–H and O–H groups in total. The summed E-state index contributed by atoms with van der Waals surface area (Å²) in [7, 11) is 0. The molecule has 0 aromatic heterocycles. The zero-order chi connectivity index (χ0) is 13.7. The number of hydrogen-bond donors (Lipinski definition) is 0. The van der Waals surface area contributed by atoms with Crippen LogP contribution in [0.2, 0.25) is 5.02 Å². The van der Waals surface area contributed by atoms with Gasteiger partial charge in [0.15, 0.2) is 0 Å². The highest BCUT2D eigenvalue weighted by molar-refractivity contribution is 9.10. The summed E-state index contributed by atoms with van der Waals surface area (Å²) in [6.45, 7) is 2.64. The molecule has 0 atom stereocenters. The second kappa shape index (κ2) is 6.73. The summed E-state index contributed by atoms with van der Waals surface area (Å²) in [6.07, 6.45) is 1.80. The minimum atomic E-state index is 0.654. The summed E-state index contributed by atoms with van der Waals surface area (Å²) in [6, 6.07) is 13.4. The van der Waals surface area contributed by atoms with Crippen LogP contribution in [-0.4, -0.2) is 12.8 Å². The Labute approximate surface area is 126 Å². The van der Waals surface area contributed by atoms with Crippen LogP contribution in [0.15, 0.2) is 51.9 Å². The molecule has 2 nitrogen and oxygen atoms in total. The van der Waals surface area contributed by atoms with E-state index in [9.17, 15) is 0 Å². The fourth-order valence-corrected chi connectivity index (χ4v) is 1.95. The Bertz CT molecular complexity index is 581. The van der Waals surface area contributed by atoms with E-state index >= 15 is 0 Å². The van der Waals surface area contributed by atoms with E-state index in [2.05, 4.69) is 20.9 Å². The van der Waals surface area contributed by atoms with Crippen LogP contribution in [0.25, 0.3) is 0 Å². The fraction of sp³-hybridized carbons (Fsp3) is 0.133. The predicted molar refractivity (Wildman–Crippen MR) is 84.0 cm³/mol. The third-order valence-electron chi connectivity index (χ3n) is 2.46. The summed E-state index contributed by atoms with van der Waals surface area (Å²) < 4.78 is 6.25. The Morgan fingerprint density at radius 1 is 1.21 bits per heavy atom. The van der Waals surface area contributed by atoms with Crippen molar-refractivity contribution in [3.05, 3.63) is 57.5 Å². The quantitative estimate of drug-likeness (QED) is 0.698. The average molecular weight is 339 g/mol. The number of halogens is 2. The van der Waals surface area contributed by atoms with Gasteiger partial charge < -0.3 is 4.74 Å². The molecule has 0 bridgehead atoms. The van der Waals surface area contributed by atoms with Crippen LogP contribution in [0.3, 0.4) is 0 Å². The molecule has 0 saturated carbocycles. The number of nitrogens with zero attached hydrogens (tertiary/aromatic N) is 1. The van der Waals surface area contributed by atoms with E-state index in [-0.39, 0.29) is 0 Å². The Kier molecular flexibility index (Phi) is 5.00. The number of hydrogen-bond acceptors (Lipinski definition) is 2. The SMILES string of the molecule is CCOc1ccc(/C=N/c2ccc(Br)c(Cl)c2)cc1. The van der Waals surface area contributed by atoms with Gasteiger partial charge in [0, 0.05) is 10.7 Å². The molecule has 0 saturated heterocycles. The van der Waals surface area contributed by atoms with Crippen molar-refractivity contribution < 1.29 is 4.74 Å². The van der Waals surface area contributed by atoms with Gasteiger partial charge in [0.1, 0.15) is 5.75 Å². The van der Waals surface area contributed by atoms with Crippen molar-refractivity contribution in [3.8, 4) is 5.75 Å². The van der Waals surface area contributed by atoms with E-state index in [1.165, 1.54) is 0 Å². The average Bonchev–Trinajstić information content (AvgIpc) is 2.42. The molecule has 19 heavy (non-hydrogen) atoms.